The number of aromatic nitrogens is 3. The zero-order valence-corrected chi connectivity index (χ0v) is 18.7. The number of halogens is 1. The van der Waals surface area contributed by atoms with Gasteiger partial charge in [-0.1, -0.05) is 19.1 Å². The first-order valence-corrected chi connectivity index (χ1v) is 10.9. The van der Waals surface area contributed by atoms with Crippen molar-refractivity contribution >= 4 is 11.7 Å². The number of nitrogens with zero attached hydrogens (tertiary/aromatic N) is 4. The van der Waals surface area contributed by atoms with Crippen molar-refractivity contribution in [2.75, 3.05) is 38.2 Å². The molecule has 1 aliphatic heterocycles. The topological polar surface area (TPSA) is 91.4 Å². The second-order valence-corrected chi connectivity index (χ2v) is 7.88. The second-order valence-electron chi connectivity index (χ2n) is 7.88. The van der Waals surface area contributed by atoms with Crippen LogP contribution in [0.1, 0.15) is 34.1 Å². The number of carbonyl (C=O) groups is 1. The number of hydrogen-bond acceptors (Lipinski definition) is 6. The van der Waals surface area contributed by atoms with Crippen LogP contribution in [0.3, 0.4) is 0 Å². The van der Waals surface area contributed by atoms with Crippen molar-refractivity contribution in [3.05, 3.63) is 81.0 Å². The summed E-state index contributed by atoms with van der Waals surface area (Å²) in [7, 11) is 1.57. The summed E-state index contributed by atoms with van der Waals surface area (Å²) in [6.45, 7) is 4.00. The number of aryl methyl sites for hydroxylation is 1. The average molecular weight is 452 g/mol. The van der Waals surface area contributed by atoms with Crippen LogP contribution >= 0.6 is 0 Å². The van der Waals surface area contributed by atoms with E-state index in [1.165, 1.54) is 6.07 Å². The van der Waals surface area contributed by atoms with Gasteiger partial charge in [0.25, 0.3) is 11.5 Å². The molecule has 0 spiro atoms. The first-order valence-electron chi connectivity index (χ1n) is 10.9. The van der Waals surface area contributed by atoms with Crippen LogP contribution in [-0.4, -0.2) is 59.3 Å². The third-order valence-electron chi connectivity index (χ3n) is 5.77. The molecular formula is C24H26FN5O3. The van der Waals surface area contributed by atoms with Crippen LogP contribution in [0.15, 0.2) is 47.3 Å². The quantitative estimate of drug-likeness (QED) is 0.619. The maximum absolute atomic E-state index is 14.6. The van der Waals surface area contributed by atoms with E-state index in [4.69, 9.17) is 4.74 Å². The molecule has 8 nitrogen and oxygen atoms in total. The maximum atomic E-state index is 14.6. The van der Waals surface area contributed by atoms with Gasteiger partial charge >= 0.3 is 0 Å². The zero-order chi connectivity index (χ0) is 23.4. The standard InChI is InChI=1S/C24H26FN5O3/c1-3-17-15-18(27-28-23(17)31)13-16-7-8-20(25)19(14-16)24(32)30-11-9-29(10-12-30)21-5-4-6-22(26-21)33-2/h4-8,14-15H,3,9-13H2,1-2H3,(H,28,31). The number of piperazine rings is 1. The van der Waals surface area contributed by atoms with Crippen molar-refractivity contribution in [2.45, 2.75) is 19.8 Å². The number of H-pyrrole nitrogens is 1. The van der Waals surface area contributed by atoms with Crippen molar-refractivity contribution in [1.29, 1.82) is 0 Å². The second kappa shape index (κ2) is 9.81. The lowest BCUT2D eigenvalue weighted by atomic mass is 10.0. The van der Waals surface area contributed by atoms with Gasteiger partial charge < -0.3 is 14.5 Å². The molecular weight excluding hydrogens is 425 g/mol. The maximum Gasteiger partial charge on any atom is 0.267 e. The molecule has 0 unspecified atom stereocenters. The Bertz CT molecular complexity index is 1200. The minimum atomic E-state index is -0.552. The Labute approximate surface area is 191 Å². The molecule has 3 aromatic rings. The highest BCUT2D eigenvalue weighted by Gasteiger charge is 2.25. The molecule has 33 heavy (non-hydrogen) atoms. The lowest BCUT2D eigenvalue weighted by Gasteiger charge is -2.35. The number of pyridine rings is 1. The van der Waals surface area contributed by atoms with Gasteiger partial charge in [-0.25, -0.2) is 9.49 Å². The molecule has 0 radical (unpaired) electrons. The highest BCUT2D eigenvalue weighted by atomic mass is 19.1. The van der Waals surface area contributed by atoms with Gasteiger partial charge in [-0.2, -0.15) is 10.1 Å². The van der Waals surface area contributed by atoms with Gasteiger partial charge in [-0.15, -0.1) is 0 Å². The van der Waals surface area contributed by atoms with Crippen LogP contribution in [0.2, 0.25) is 0 Å². The van der Waals surface area contributed by atoms with Crippen molar-refractivity contribution in [2.24, 2.45) is 0 Å². The summed E-state index contributed by atoms with van der Waals surface area (Å²) >= 11 is 0. The van der Waals surface area contributed by atoms with E-state index in [-0.39, 0.29) is 17.0 Å². The first kappa shape index (κ1) is 22.4. The van der Waals surface area contributed by atoms with Gasteiger partial charge in [0, 0.05) is 44.2 Å². The lowest BCUT2D eigenvalue weighted by Crippen LogP contribution is -2.49. The molecule has 0 atom stereocenters. The van der Waals surface area contributed by atoms with Gasteiger partial charge in [0.15, 0.2) is 0 Å². The Morgan fingerprint density at radius 3 is 2.67 bits per heavy atom. The third-order valence-corrected chi connectivity index (χ3v) is 5.77. The predicted octanol–water partition coefficient (Wildman–Crippen LogP) is 2.43. The minimum Gasteiger partial charge on any atom is -0.481 e. The summed E-state index contributed by atoms with van der Waals surface area (Å²) in [5, 5.41) is 6.56. The van der Waals surface area contributed by atoms with E-state index in [2.05, 4.69) is 20.1 Å². The molecule has 1 amide bonds. The Morgan fingerprint density at radius 2 is 1.94 bits per heavy atom. The molecule has 1 aliphatic rings. The predicted molar refractivity (Wildman–Crippen MR) is 122 cm³/mol. The summed E-state index contributed by atoms with van der Waals surface area (Å²) in [5.41, 5.74) is 1.89. The Hall–Kier alpha value is -3.75. The van der Waals surface area contributed by atoms with Gasteiger partial charge in [-0.3, -0.25) is 9.59 Å². The van der Waals surface area contributed by atoms with Crippen LogP contribution in [-0.2, 0) is 12.8 Å². The Balaban J connectivity index is 1.45. The average Bonchev–Trinajstić information content (AvgIpc) is 2.86. The first-order chi connectivity index (χ1) is 16.0. The number of carbonyl (C=O) groups excluding carboxylic acids is 1. The van der Waals surface area contributed by atoms with E-state index in [1.54, 1.807) is 36.3 Å². The number of amides is 1. The molecule has 2 aromatic heterocycles. The zero-order valence-electron chi connectivity index (χ0n) is 18.7. The van der Waals surface area contributed by atoms with Gasteiger partial charge in [-0.05, 0) is 36.2 Å². The number of ether oxygens (including phenoxy) is 1. The summed E-state index contributed by atoms with van der Waals surface area (Å²) < 4.78 is 19.7. The Kier molecular flexibility index (Phi) is 6.67. The van der Waals surface area contributed by atoms with E-state index in [9.17, 15) is 14.0 Å². The number of aromatic amines is 1. The van der Waals surface area contributed by atoms with E-state index < -0.39 is 5.82 Å². The molecule has 1 fully saturated rings. The lowest BCUT2D eigenvalue weighted by molar-refractivity contribution is 0.0741. The van der Waals surface area contributed by atoms with Crippen molar-refractivity contribution in [3.8, 4) is 5.88 Å². The molecule has 9 heteroatoms. The summed E-state index contributed by atoms with van der Waals surface area (Å²) in [4.78, 5) is 33.0. The molecule has 0 saturated carbocycles. The molecule has 0 aliphatic carbocycles. The fourth-order valence-electron chi connectivity index (χ4n) is 3.90. The number of anilines is 1. The van der Waals surface area contributed by atoms with Crippen LogP contribution in [0.5, 0.6) is 5.88 Å². The number of methoxy groups -OCH3 is 1. The molecule has 1 saturated heterocycles. The molecule has 3 heterocycles. The molecule has 1 aromatic carbocycles. The smallest absolute Gasteiger partial charge is 0.267 e. The van der Waals surface area contributed by atoms with E-state index in [0.717, 1.165) is 11.4 Å². The number of nitrogens with one attached hydrogen (secondary N) is 1. The van der Waals surface area contributed by atoms with E-state index in [0.29, 0.717) is 56.2 Å². The number of hydrogen-bond donors (Lipinski definition) is 1. The number of rotatable bonds is 6. The third kappa shape index (κ3) is 5.02. The van der Waals surface area contributed by atoms with Crippen LogP contribution in [0, 0.1) is 5.82 Å². The summed E-state index contributed by atoms with van der Waals surface area (Å²) in [5.74, 6) is 0.433. The normalized spacial score (nSPS) is 13.8. The fourth-order valence-corrected chi connectivity index (χ4v) is 3.90. The van der Waals surface area contributed by atoms with E-state index >= 15 is 0 Å². The number of benzene rings is 1. The van der Waals surface area contributed by atoms with Gasteiger partial charge in [0.05, 0.1) is 18.4 Å². The molecule has 172 valence electrons. The fraction of sp³-hybridized carbons (Fsp3) is 0.333. The summed E-state index contributed by atoms with van der Waals surface area (Å²) in [6.07, 6.45) is 0.981. The summed E-state index contributed by atoms with van der Waals surface area (Å²) in [6, 6.07) is 11.8. The van der Waals surface area contributed by atoms with Crippen LogP contribution in [0.4, 0.5) is 10.2 Å². The monoisotopic (exact) mass is 451 g/mol. The highest BCUT2D eigenvalue weighted by molar-refractivity contribution is 5.94. The van der Waals surface area contributed by atoms with E-state index in [1.807, 2.05) is 19.1 Å². The van der Waals surface area contributed by atoms with Crippen LogP contribution in [0.25, 0.3) is 0 Å². The molecule has 1 N–H and O–H groups in total. The van der Waals surface area contributed by atoms with Crippen molar-refractivity contribution < 1.29 is 13.9 Å². The van der Waals surface area contributed by atoms with Crippen molar-refractivity contribution in [3.63, 3.8) is 0 Å². The van der Waals surface area contributed by atoms with Gasteiger partial charge in [0.2, 0.25) is 5.88 Å². The largest absolute Gasteiger partial charge is 0.481 e. The minimum absolute atomic E-state index is 0.0422. The van der Waals surface area contributed by atoms with Gasteiger partial charge in [0.1, 0.15) is 11.6 Å². The molecule has 0 bridgehead atoms. The SMILES string of the molecule is CCc1cc(Cc2ccc(F)c(C(=O)N3CCN(c4cccc(OC)n4)CC3)c2)n[nH]c1=O. The Morgan fingerprint density at radius 1 is 1.15 bits per heavy atom. The van der Waals surface area contributed by atoms with Crippen LogP contribution < -0.4 is 15.2 Å². The molecule has 4 rings (SSSR count). The van der Waals surface area contributed by atoms with Crippen molar-refractivity contribution in [1.82, 2.24) is 20.1 Å². The highest BCUT2D eigenvalue weighted by Crippen LogP contribution is 2.20.